The zero-order valence-corrected chi connectivity index (χ0v) is 21.3. The van der Waals surface area contributed by atoms with Gasteiger partial charge in [0.1, 0.15) is 11.4 Å². The fraction of sp³-hybridized carbons (Fsp3) is 0.654. The van der Waals surface area contributed by atoms with Crippen LogP contribution in [0.5, 0.6) is 0 Å². The summed E-state index contributed by atoms with van der Waals surface area (Å²) in [6, 6.07) is 1.76. The summed E-state index contributed by atoms with van der Waals surface area (Å²) in [6.45, 7) is 8.81. The first-order valence-electron chi connectivity index (χ1n) is 12.1. The van der Waals surface area contributed by atoms with Crippen LogP contribution in [0.4, 0.5) is 5.69 Å². The molecule has 0 radical (unpaired) electrons. The molecule has 3 aliphatic rings. The van der Waals surface area contributed by atoms with Gasteiger partial charge in [-0.05, 0) is 37.7 Å². The highest BCUT2D eigenvalue weighted by Gasteiger charge is 2.51. The van der Waals surface area contributed by atoms with Crippen LogP contribution in [0.15, 0.2) is 6.07 Å². The molecule has 1 spiro atoms. The minimum Gasteiger partial charge on any atom is -0.465 e. The Hall–Kier alpha value is -2.37. The Morgan fingerprint density at radius 2 is 1.91 bits per heavy atom. The molecule has 0 N–H and O–H groups in total. The molecular formula is C26H34N2O5S. The molecule has 34 heavy (non-hydrogen) atoms. The molecule has 7 nitrogen and oxygen atoms in total. The number of ether oxygens (including phenoxy) is 2. The third-order valence-electron chi connectivity index (χ3n) is 7.00. The minimum atomic E-state index is -0.519. The van der Waals surface area contributed by atoms with Crippen LogP contribution in [-0.2, 0) is 19.1 Å². The van der Waals surface area contributed by atoms with Crippen molar-refractivity contribution in [2.75, 3.05) is 44.9 Å². The number of anilines is 1. The Balaban J connectivity index is 1.62. The molecule has 1 aliphatic carbocycles. The second-order valence-corrected chi connectivity index (χ2v) is 11.4. The lowest BCUT2D eigenvalue weighted by molar-refractivity contribution is -0.194. The summed E-state index contributed by atoms with van der Waals surface area (Å²) in [6.07, 6.45) is 3.58. The van der Waals surface area contributed by atoms with E-state index in [1.165, 1.54) is 23.3 Å². The van der Waals surface area contributed by atoms with Crippen molar-refractivity contribution in [3.8, 4) is 11.8 Å². The molecule has 0 bridgehead atoms. The summed E-state index contributed by atoms with van der Waals surface area (Å²) in [7, 11) is 1.32. The quantitative estimate of drug-likeness (QED) is 0.470. The predicted octanol–water partition coefficient (Wildman–Crippen LogP) is 3.56. The smallest absolute Gasteiger partial charge is 0.350 e. The molecule has 3 fully saturated rings. The fourth-order valence-corrected chi connectivity index (χ4v) is 5.80. The van der Waals surface area contributed by atoms with Gasteiger partial charge in [-0.3, -0.25) is 9.59 Å². The van der Waals surface area contributed by atoms with Crippen molar-refractivity contribution in [1.29, 1.82) is 0 Å². The highest BCUT2D eigenvalue weighted by atomic mass is 32.1. The topological polar surface area (TPSA) is 76.2 Å². The van der Waals surface area contributed by atoms with Gasteiger partial charge in [-0.1, -0.05) is 32.6 Å². The molecule has 184 valence electrons. The van der Waals surface area contributed by atoms with Gasteiger partial charge in [0.15, 0.2) is 0 Å². The first-order valence-corrected chi connectivity index (χ1v) is 12.9. The molecule has 2 amide bonds. The molecule has 2 aliphatic heterocycles. The third kappa shape index (κ3) is 5.16. The number of carbonyl (C=O) groups is 3. The lowest BCUT2D eigenvalue weighted by Crippen LogP contribution is -2.68. The highest BCUT2D eigenvalue weighted by Crippen LogP contribution is 2.39. The largest absolute Gasteiger partial charge is 0.465 e. The number of thiophene rings is 1. The molecular weight excluding hydrogens is 452 g/mol. The monoisotopic (exact) mass is 486 g/mol. The van der Waals surface area contributed by atoms with E-state index >= 15 is 0 Å². The standard InChI is InChI=1S/C26H34N2O5S/c1-17(2)5-10-20-11-21(23(34-20)25(31)32-4)28(24(30)19-8-6-18(3)7-9-19)12-22(29)27-13-26(14-27)15-33-16-26/h11,17-19H,6-9,12-16H2,1-4H3/t18-,19-. The van der Waals surface area contributed by atoms with Gasteiger partial charge < -0.3 is 19.3 Å². The number of methoxy groups -OCH3 is 1. The van der Waals surface area contributed by atoms with Gasteiger partial charge in [-0.15, -0.1) is 11.3 Å². The number of nitrogens with zero attached hydrogens (tertiary/aromatic N) is 2. The third-order valence-corrected chi connectivity index (χ3v) is 8.02. The van der Waals surface area contributed by atoms with Gasteiger partial charge in [0.2, 0.25) is 11.8 Å². The normalized spacial score (nSPS) is 22.9. The Labute approximate surface area is 205 Å². The van der Waals surface area contributed by atoms with Crippen molar-refractivity contribution in [2.24, 2.45) is 23.2 Å². The van der Waals surface area contributed by atoms with E-state index in [4.69, 9.17) is 9.47 Å². The Morgan fingerprint density at radius 1 is 1.24 bits per heavy atom. The summed E-state index contributed by atoms with van der Waals surface area (Å²) in [4.78, 5) is 43.9. The van der Waals surface area contributed by atoms with E-state index in [-0.39, 0.29) is 35.6 Å². The maximum Gasteiger partial charge on any atom is 0.350 e. The van der Waals surface area contributed by atoms with Crippen molar-refractivity contribution in [3.05, 3.63) is 15.8 Å². The molecule has 0 aromatic carbocycles. The molecule has 3 heterocycles. The van der Waals surface area contributed by atoms with Crippen molar-refractivity contribution >= 4 is 34.8 Å². The van der Waals surface area contributed by atoms with Crippen LogP contribution in [0.2, 0.25) is 0 Å². The van der Waals surface area contributed by atoms with Gasteiger partial charge in [0, 0.05) is 24.9 Å². The summed E-state index contributed by atoms with van der Waals surface area (Å²) in [5, 5.41) is 0. The van der Waals surface area contributed by atoms with Crippen molar-refractivity contribution in [1.82, 2.24) is 4.90 Å². The lowest BCUT2D eigenvalue weighted by atomic mass is 9.78. The van der Waals surface area contributed by atoms with E-state index < -0.39 is 5.97 Å². The highest BCUT2D eigenvalue weighted by molar-refractivity contribution is 7.15. The minimum absolute atomic E-state index is 0.0837. The van der Waals surface area contributed by atoms with Crippen molar-refractivity contribution in [3.63, 3.8) is 0 Å². The van der Waals surface area contributed by atoms with E-state index in [0.29, 0.717) is 47.7 Å². The van der Waals surface area contributed by atoms with E-state index in [9.17, 15) is 14.4 Å². The molecule has 0 atom stereocenters. The first kappa shape index (κ1) is 24.7. The van der Waals surface area contributed by atoms with E-state index in [1.54, 1.807) is 11.0 Å². The number of hydrogen-bond acceptors (Lipinski definition) is 6. The van der Waals surface area contributed by atoms with Crippen molar-refractivity contribution in [2.45, 2.75) is 46.5 Å². The van der Waals surface area contributed by atoms with Crippen LogP contribution < -0.4 is 4.90 Å². The maximum absolute atomic E-state index is 13.8. The van der Waals surface area contributed by atoms with Crippen LogP contribution in [0.25, 0.3) is 0 Å². The molecule has 4 rings (SSSR count). The van der Waals surface area contributed by atoms with Gasteiger partial charge >= 0.3 is 5.97 Å². The van der Waals surface area contributed by atoms with Gasteiger partial charge in [-0.25, -0.2) is 4.79 Å². The zero-order valence-electron chi connectivity index (χ0n) is 20.5. The zero-order chi connectivity index (χ0) is 24.5. The summed E-state index contributed by atoms with van der Waals surface area (Å²) in [5.41, 5.74) is 0.535. The lowest BCUT2D eigenvalue weighted by Gasteiger charge is -2.55. The number of rotatable bonds is 5. The van der Waals surface area contributed by atoms with Crippen LogP contribution in [0.3, 0.4) is 0 Å². The van der Waals surface area contributed by atoms with Crippen LogP contribution in [0.1, 0.15) is 61.0 Å². The SMILES string of the molecule is COC(=O)c1sc(C#CC(C)C)cc1N(CC(=O)N1CC2(COC2)C1)C(=O)[C@H]1CC[C@H](C)CC1. The number of likely N-dealkylation sites (tertiary alicyclic amines) is 1. The average Bonchev–Trinajstić information content (AvgIpc) is 3.17. The van der Waals surface area contributed by atoms with Gasteiger partial charge in [-0.2, -0.15) is 0 Å². The maximum atomic E-state index is 13.8. The molecule has 2 saturated heterocycles. The Morgan fingerprint density at radius 3 is 2.47 bits per heavy atom. The second kappa shape index (κ2) is 10.1. The van der Waals surface area contributed by atoms with Crippen LogP contribution in [-0.4, -0.2) is 62.6 Å². The molecule has 8 heteroatoms. The van der Waals surface area contributed by atoms with E-state index in [0.717, 1.165) is 25.7 Å². The fourth-order valence-electron chi connectivity index (χ4n) is 4.86. The number of esters is 1. The molecule has 0 unspecified atom stereocenters. The van der Waals surface area contributed by atoms with E-state index in [1.807, 2.05) is 13.8 Å². The molecule has 1 aromatic rings. The number of carbonyl (C=O) groups excluding carboxylic acids is 3. The summed E-state index contributed by atoms with van der Waals surface area (Å²) < 4.78 is 10.3. The summed E-state index contributed by atoms with van der Waals surface area (Å²) >= 11 is 1.21. The second-order valence-electron chi connectivity index (χ2n) is 10.4. The molecule has 1 aromatic heterocycles. The Kier molecular flexibility index (Phi) is 7.34. The summed E-state index contributed by atoms with van der Waals surface area (Å²) in [5.74, 6) is 6.12. The van der Waals surface area contributed by atoms with Gasteiger partial charge in [0.25, 0.3) is 0 Å². The van der Waals surface area contributed by atoms with Crippen LogP contribution in [0, 0.1) is 35.0 Å². The van der Waals surface area contributed by atoms with Gasteiger partial charge in [0.05, 0.1) is 36.3 Å². The number of hydrogen-bond donors (Lipinski definition) is 0. The van der Waals surface area contributed by atoms with E-state index in [2.05, 4.69) is 18.8 Å². The van der Waals surface area contributed by atoms with Crippen molar-refractivity contribution < 1.29 is 23.9 Å². The number of amides is 2. The predicted molar refractivity (Wildman–Crippen MR) is 131 cm³/mol. The molecule has 1 saturated carbocycles. The van der Waals surface area contributed by atoms with Crippen LogP contribution >= 0.6 is 11.3 Å². The average molecular weight is 487 g/mol. The Bertz CT molecular complexity index is 1000. The first-order chi connectivity index (χ1) is 16.2.